The highest BCUT2D eigenvalue weighted by molar-refractivity contribution is 6.09. The fourth-order valence-corrected chi connectivity index (χ4v) is 10.3. The standard InChI is InChI=1S/C55H37N3O/c1-54(2)45-26-11-12-27-46(45)55(43-24-9-6-18-38(43)39-19-7-10-25-44(39)55)47-28-15-23-42(49(47)54)53-57-51(35-16-4-3-5-17-35)56-52(58-53)36-32-30-34(31-33-36)37-21-14-22-41-40-20-8-13-29-48(40)59-50(37)41/h3-33H,1-2H3. The summed E-state index contributed by atoms with van der Waals surface area (Å²) in [5.74, 6) is 1.92. The van der Waals surface area contributed by atoms with Gasteiger partial charge in [-0.25, -0.2) is 15.0 Å². The lowest BCUT2D eigenvalue weighted by atomic mass is 9.55. The molecule has 2 aliphatic rings. The molecule has 0 saturated heterocycles. The van der Waals surface area contributed by atoms with Gasteiger partial charge >= 0.3 is 0 Å². The highest BCUT2D eigenvalue weighted by Gasteiger charge is 2.54. The summed E-state index contributed by atoms with van der Waals surface area (Å²) >= 11 is 0. The Kier molecular flexibility index (Phi) is 7.16. The number of fused-ring (bicyclic) bond motifs is 12. The Morgan fingerprint density at radius 3 is 1.58 bits per heavy atom. The smallest absolute Gasteiger partial charge is 0.164 e. The molecule has 1 spiro atoms. The fraction of sp³-hybridized carbons (Fsp3) is 0.0727. The van der Waals surface area contributed by atoms with Crippen LogP contribution in [0.2, 0.25) is 0 Å². The van der Waals surface area contributed by atoms with Crippen molar-refractivity contribution in [2.75, 3.05) is 0 Å². The molecule has 4 heteroatoms. The van der Waals surface area contributed by atoms with Crippen LogP contribution in [0.1, 0.15) is 47.2 Å². The molecule has 0 unspecified atom stereocenters. The van der Waals surface area contributed by atoms with Crippen molar-refractivity contribution in [3.8, 4) is 56.4 Å². The number of rotatable bonds is 4. The summed E-state index contributed by atoms with van der Waals surface area (Å²) < 4.78 is 6.41. The average molecular weight is 756 g/mol. The van der Waals surface area contributed by atoms with E-state index in [2.05, 4.69) is 172 Å². The number of para-hydroxylation sites is 2. The van der Waals surface area contributed by atoms with E-state index in [9.17, 15) is 0 Å². The van der Waals surface area contributed by atoms with E-state index in [0.717, 1.165) is 49.8 Å². The molecule has 2 aliphatic carbocycles. The summed E-state index contributed by atoms with van der Waals surface area (Å²) in [7, 11) is 0. The predicted octanol–water partition coefficient (Wildman–Crippen LogP) is 13.4. The summed E-state index contributed by atoms with van der Waals surface area (Å²) in [6.45, 7) is 4.71. The first-order valence-electron chi connectivity index (χ1n) is 20.3. The number of nitrogens with zero attached hydrogens (tertiary/aromatic N) is 3. The van der Waals surface area contributed by atoms with E-state index >= 15 is 0 Å². The molecule has 0 saturated carbocycles. The molecule has 0 radical (unpaired) electrons. The molecule has 8 aromatic carbocycles. The molecule has 0 fully saturated rings. The Hall–Kier alpha value is -7.43. The average Bonchev–Trinajstić information content (AvgIpc) is 3.83. The molecule has 2 heterocycles. The lowest BCUT2D eigenvalue weighted by Crippen LogP contribution is -2.41. The van der Waals surface area contributed by atoms with Crippen LogP contribution >= 0.6 is 0 Å². The second kappa shape index (κ2) is 12.5. The van der Waals surface area contributed by atoms with Gasteiger partial charge in [0.15, 0.2) is 17.5 Å². The second-order valence-corrected chi connectivity index (χ2v) is 16.3. The van der Waals surface area contributed by atoms with Gasteiger partial charge in [-0.15, -0.1) is 0 Å². The minimum atomic E-state index is -0.513. The van der Waals surface area contributed by atoms with Gasteiger partial charge < -0.3 is 4.42 Å². The molecular formula is C55H37N3O. The number of hydrogen-bond donors (Lipinski definition) is 0. The van der Waals surface area contributed by atoms with E-state index in [1.807, 2.05) is 30.3 Å². The van der Waals surface area contributed by atoms with Gasteiger partial charge in [0.1, 0.15) is 11.2 Å². The number of aromatic nitrogens is 3. The van der Waals surface area contributed by atoms with Gasteiger partial charge in [0.05, 0.1) is 5.41 Å². The number of benzene rings is 8. The van der Waals surface area contributed by atoms with Crippen LogP contribution < -0.4 is 0 Å². The van der Waals surface area contributed by atoms with Crippen molar-refractivity contribution in [1.29, 1.82) is 0 Å². The van der Waals surface area contributed by atoms with E-state index in [0.29, 0.717) is 17.5 Å². The molecule has 0 bridgehead atoms. The predicted molar refractivity (Wildman–Crippen MR) is 238 cm³/mol. The van der Waals surface area contributed by atoms with Crippen LogP contribution in [0.25, 0.3) is 78.4 Å². The van der Waals surface area contributed by atoms with Crippen LogP contribution in [-0.2, 0) is 10.8 Å². The molecule has 12 rings (SSSR count). The minimum Gasteiger partial charge on any atom is -0.455 e. The van der Waals surface area contributed by atoms with Crippen molar-refractivity contribution >= 4 is 21.9 Å². The summed E-state index contributed by atoms with van der Waals surface area (Å²) in [5, 5.41) is 2.23. The summed E-state index contributed by atoms with van der Waals surface area (Å²) in [6, 6.07) is 67.0. The SMILES string of the molecule is CC1(C)c2ccccc2C2(c3ccccc3-c3ccccc32)c2cccc(-c3nc(-c4ccccc4)nc(-c4ccc(-c5cccc6c5oc5ccccc56)cc4)n3)c21. The monoisotopic (exact) mass is 755 g/mol. The second-order valence-electron chi connectivity index (χ2n) is 16.3. The Morgan fingerprint density at radius 1 is 0.356 bits per heavy atom. The van der Waals surface area contributed by atoms with E-state index in [-0.39, 0.29) is 5.41 Å². The molecule has 59 heavy (non-hydrogen) atoms. The normalized spacial score (nSPS) is 14.2. The topological polar surface area (TPSA) is 51.8 Å². The molecule has 0 atom stereocenters. The maximum absolute atomic E-state index is 6.41. The zero-order valence-corrected chi connectivity index (χ0v) is 32.6. The largest absolute Gasteiger partial charge is 0.455 e. The van der Waals surface area contributed by atoms with Crippen LogP contribution in [-0.4, -0.2) is 15.0 Å². The third kappa shape index (κ3) is 4.74. The highest BCUT2D eigenvalue weighted by Crippen LogP contribution is 2.63. The van der Waals surface area contributed by atoms with Crippen LogP contribution in [0, 0.1) is 0 Å². The van der Waals surface area contributed by atoms with Gasteiger partial charge in [-0.05, 0) is 56.1 Å². The number of hydrogen-bond acceptors (Lipinski definition) is 4. The van der Waals surface area contributed by atoms with Crippen molar-refractivity contribution < 1.29 is 4.42 Å². The number of furan rings is 1. The van der Waals surface area contributed by atoms with Crippen LogP contribution in [0.5, 0.6) is 0 Å². The van der Waals surface area contributed by atoms with E-state index in [4.69, 9.17) is 19.4 Å². The molecule has 4 nitrogen and oxygen atoms in total. The molecule has 0 amide bonds. The van der Waals surface area contributed by atoms with Gasteiger partial charge in [0, 0.05) is 38.4 Å². The molecular weight excluding hydrogens is 719 g/mol. The van der Waals surface area contributed by atoms with Gasteiger partial charge in [-0.3, -0.25) is 0 Å². The van der Waals surface area contributed by atoms with E-state index < -0.39 is 5.41 Å². The third-order valence-electron chi connectivity index (χ3n) is 12.8. The van der Waals surface area contributed by atoms with Crippen molar-refractivity contribution in [1.82, 2.24) is 15.0 Å². The molecule has 10 aromatic rings. The summed E-state index contributed by atoms with van der Waals surface area (Å²) in [6.07, 6.45) is 0. The van der Waals surface area contributed by atoms with Crippen molar-refractivity contribution in [3.05, 3.63) is 221 Å². The summed E-state index contributed by atoms with van der Waals surface area (Å²) in [5.41, 5.74) is 16.2. The van der Waals surface area contributed by atoms with Gasteiger partial charge in [0.2, 0.25) is 0 Å². The third-order valence-corrected chi connectivity index (χ3v) is 12.8. The Bertz CT molecular complexity index is 3260. The first kappa shape index (κ1) is 33.7. The highest BCUT2D eigenvalue weighted by atomic mass is 16.3. The lowest BCUT2D eigenvalue weighted by Gasteiger charge is -2.47. The summed E-state index contributed by atoms with van der Waals surface area (Å²) in [4.78, 5) is 15.8. The first-order valence-corrected chi connectivity index (χ1v) is 20.3. The molecule has 0 aliphatic heterocycles. The van der Waals surface area contributed by atoms with E-state index in [1.54, 1.807) is 0 Å². The van der Waals surface area contributed by atoms with Crippen molar-refractivity contribution in [2.24, 2.45) is 0 Å². The molecule has 0 N–H and O–H groups in total. The maximum Gasteiger partial charge on any atom is 0.164 e. The Labute approximate surface area is 342 Å². The van der Waals surface area contributed by atoms with Gasteiger partial charge in [-0.2, -0.15) is 0 Å². The zero-order valence-electron chi connectivity index (χ0n) is 32.6. The molecule has 278 valence electrons. The minimum absolute atomic E-state index is 0.376. The maximum atomic E-state index is 6.41. The van der Waals surface area contributed by atoms with Gasteiger partial charge in [0.25, 0.3) is 0 Å². The molecule has 2 aromatic heterocycles. The lowest BCUT2D eigenvalue weighted by molar-refractivity contribution is 0.564. The Balaban J connectivity index is 1.07. The zero-order chi connectivity index (χ0) is 39.3. The van der Waals surface area contributed by atoms with Crippen LogP contribution in [0.4, 0.5) is 0 Å². The van der Waals surface area contributed by atoms with Crippen molar-refractivity contribution in [3.63, 3.8) is 0 Å². The fourth-order valence-electron chi connectivity index (χ4n) is 10.3. The Morgan fingerprint density at radius 2 is 0.847 bits per heavy atom. The van der Waals surface area contributed by atoms with Crippen molar-refractivity contribution in [2.45, 2.75) is 24.7 Å². The van der Waals surface area contributed by atoms with Crippen LogP contribution in [0.3, 0.4) is 0 Å². The van der Waals surface area contributed by atoms with Gasteiger partial charge in [-0.1, -0.05) is 196 Å². The quantitative estimate of drug-likeness (QED) is 0.179. The van der Waals surface area contributed by atoms with E-state index in [1.165, 1.54) is 44.5 Å². The van der Waals surface area contributed by atoms with Crippen LogP contribution in [0.15, 0.2) is 192 Å². The first-order chi connectivity index (χ1) is 29.0.